The van der Waals surface area contributed by atoms with E-state index in [1.165, 1.54) is 6.07 Å². The highest BCUT2D eigenvalue weighted by atomic mass is 16.6. The Hall–Kier alpha value is -2.56. The van der Waals surface area contributed by atoms with Gasteiger partial charge in [-0.15, -0.1) is 0 Å². The average Bonchev–Trinajstić information content (AvgIpc) is 2.38. The fourth-order valence-corrected chi connectivity index (χ4v) is 1.79. The van der Waals surface area contributed by atoms with Crippen molar-refractivity contribution in [2.45, 2.75) is 0 Å². The van der Waals surface area contributed by atoms with Crippen LogP contribution in [-0.2, 0) is 0 Å². The quantitative estimate of drug-likeness (QED) is 0.511. The third-order valence-electron chi connectivity index (χ3n) is 2.63. The van der Waals surface area contributed by atoms with Crippen LogP contribution in [0, 0.1) is 10.1 Å². The van der Waals surface area contributed by atoms with Crippen LogP contribution in [0.5, 0.6) is 5.75 Å². The summed E-state index contributed by atoms with van der Waals surface area (Å²) in [5, 5.41) is 11.1. The van der Waals surface area contributed by atoms with Gasteiger partial charge >= 0.3 is 0 Å². The van der Waals surface area contributed by atoms with Crippen LogP contribution in [0.15, 0.2) is 42.5 Å². The second-order valence-corrected chi connectivity index (χ2v) is 3.73. The van der Waals surface area contributed by atoms with Gasteiger partial charge in [0.2, 0.25) is 0 Å². The number of nitrogen functional groups attached to an aromatic ring is 1. The molecule has 2 aromatic rings. The number of nitrogens with zero attached hydrogens (tertiary/aromatic N) is 1. The zero-order valence-corrected chi connectivity index (χ0v) is 9.79. The molecule has 5 heteroatoms. The predicted octanol–water partition coefficient (Wildman–Crippen LogP) is 2.85. The molecule has 18 heavy (non-hydrogen) atoms. The summed E-state index contributed by atoms with van der Waals surface area (Å²) in [4.78, 5) is 10.6. The van der Waals surface area contributed by atoms with E-state index in [-0.39, 0.29) is 11.4 Å². The Balaban J connectivity index is 2.63. The summed E-state index contributed by atoms with van der Waals surface area (Å²) in [6, 6.07) is 12.0. The van der Waals surface area contributed by atoms with Gasteiger partial charge in [0.25, 0.3) is 5.69 Å². The summed E-state index contributed by atoms with van der Waals surface area (Å²) in [5.74, 6) is 0.643. The minimum absolute atomic E-state index is 0.0780. The molecule has 0 unspecified atom stereocenters. The lowest BCUT2D eigenvalue weighted by Gasteiger charge is -2.07. The van der Waals surface area contributed by atoms with Gasteiger partial charge in [-0.05, 0) is 29.8 Å². The fourth-order valence-electron chi connectivity index (χ4n) is 1.79. The maximum Gasteiger partial charge on any atom is 0.299 e. The number of nitro groups is 1. The highest BCUT2D eigenvalue weighted by Crippen LogP contribution is 2.35. The molecule has 5 nitrogen and oxygen atoms in total. The van der Waals surface area contributed by atoms with Gasteiger partial charge in [0, 0.05) is 0 Å². The normalized spacial score (nSPS) is 10.1. The van der Waals surface area contributed by atoms with Gasteiger partial charge < -0.3 is 10.5 Å². The molecule has 0 fully saturated rings. The topological polar surface area (TPSA) is 78.4 Å². The van der Waals surface area contributed by atoms with E-state index in [9.17, 15) is 10.1 Å². The van der Waals surface area contributed by atoms with Crippen LogP contribution in [-0.4, -0.2) is 12.0 Å². The highest BCUT2D eigenvalue weighted by Gasteiger charge is 2.18. The average molecular weight is 244 g/mol. The molecule has 0 heterocycles. The van der Waals surface area contributed by atoms with Crippen molar-refractivity contribution >= 4 is 11.4 Å². The molecule has 0 amide bonds. The lowest BCUT2D eigenvalue weighted by Crippen LogP contribution is -1.98. The van der Waals surface area contributed by atoms with Crippen molar-refractivity contribution in [3.8, 4) is 16.9 Å². The van der Waals surface area contributed by atoms with E-state index in [1.54, 1.807) is 43.5 Å². The van der Waals surface area contributed by atoms with Gasteiger partial charge in [-0.25, -0.2) is 0 Å². The molecule has 0 aliphatic carbocycles. The molecule has 2 rings (SSSR count). The van der Waals surface area contributed by atoms with E-state index in [0.29, 0.717) is 16.9 Å². The van der Waals surface area contributed by atoms with E-state index in [1.807, 2.05) is 0 Å². The van der Waals surface area contributed by atoms with Crippen molar-refractivity contribution in [1.82, 2.24) is 0 Å². The Morgan fingerprint density at radius 1 is 1.22 bits per heavy atom. The van der Waals surface area contributed by atoms with Crippen molar-refractivity contribution < 1.29 is 9.66 Å². The molecule has 0 spiro atoms. The van der Waals surface area contributed by atoms with Gasteiger partial charge in [0.05, 0.1) is 17.6 Å². The summed E-state index contributed by atoms with van der Waals surface area (Å²) >= 11 is 0. The monoisotopic (exact) mass is 244 g/mol. The smallest absolute Gasteiger partial charge is 0.299 e. The van der Waals surface area contributed by atoms with Crippen molar-refractivity contribution in [1.29, 1.82) is 0 Å². The molecular weight excluding hydrogens is 232 g/mol. The van der Waals surface area contributed by atoms with Crippen LogP contribution < -0.4 is 10.5 Å². The number of methoxy groups -OCH3 is 1. The van der Waals surface area contributed by atoms with E-state index in [0.717, 1.165) is 0 Å². The summed E-state index contributed by atoms with van der Waals surface area (Å²) < 4.78 is 5.11. The Morgan fingerprint density at radius 3 is 2.61 bits per heavy atom. The number of para-hydroxylation sites is 1. The first-order valence-corrected chi connectivity index (χ1v) is 5.31. The highest BCUT2D eigenvalue weighted by molar-refractivity contribution is 5.81. The molecule has 0 saturated carbocycles. The number of hydrogen-bond donors (Lipinski definition) is 1. The minimum Gasteiger partial charge on any atom is -0.497 e. The van der Waals surface area contributed by atoms with Crippen molar-refractivity contribution in [3.63, 3.8) is 0 Å². The summed E-state index contributed by atoms with van der Waals surface area (Å²) in [5.41, 5.74) is 6.92. The van der Waals surface area contributed by atoms with E-state index < -0.39 is 4.92 Å². The second-order valence-electron chi connectivity index (χ2n) is 3.73. The Bertz CT molecular complexity index is 597. The zero-order valence-electron chi connectivity index (χ0n) is 9.79. The maximum atomic E-state index is 11.1. The molecule has 0 aromatic heterocycles. The largest absolute Gasteiger partial charge is 0.497 e. The van der Waals surface area contributed by atoms with Crippen LogP contribution in [0.4, 0.5) is 11.4 Å². The van der Waals surface area contributed by atoms with E-state index in [4.69, 9.17) is 10.5 Å². The molecule has 0 radical (unpaired) electrons. The molecule has 0 bridgehead atoms. The first kappa shape index (κ1) is 11.9. The first-order valence-electron chi connectivity index (χ1n) is 5.31. The maximum absolute atomic E-state index is 11.1. The van der Waals surface area contributed by atoms with Gasteiger partial charge in [0.15, 0.2) is 0 Å². The lowest BCUT2D eigenvalue weighted by atomic mass is 10.0. The number of nitrogens with two attached hydrogens (primary N) is 1. The Morgan fingerprint density at radius 2 is 1.94 bits per heavy atom. The molecule has 0 atom stereocenters. The van der Waals surface area contributed by atoms with Gasteiger partial charge in [-0.2, -0.15) is 0 Å². The van der Waals surface area contributed by atoms with Crippen LogP contribution in [0.25, 0.3) is 11.1 Å². The number of anilines is 1. The number of nitro benzene ring substituents is 1. The first-order chi connectivity index (χ1) is 8.63. The second kappa shape index (κ2) is 4.75. The number of ether oxygens (including phenoxy) is 1. The molecule has 92 valence electrons. The van der Waals surface area contributed by atoms with Gasteiger partial charge in [-0.3, -0.25) is 10.1 Å². The fraction of sp³-hybridized carbons (Fsp3) is 0.0769. The third-order valence-corrected chi connectivity index (χ3v) is 2.63. The molecule has 0 aliphatic rings. The number of hydrogen-bond acceptors (Lipinski definition) is 4. The Labute approximate surface area is 104 Å². The molecule has 0 saturated heterocycles. The van der Waals surface area contributed by atoms with Crippen molar-refractivity contribution in [2.75, 3.05) is 12.8 Å². The van der Waals surface area contributed by atoms with Crippen LogP contribution in [0.3, 0.4) is 0 Å². The standard InChI is InChI=1S/C13H12N2O3/c1-18-10-5-2-4-9(8-10)11-6-3-7-12(14)13(11)15(16)17/h2-8H,14H2,1H3. The Kier molecular flexibility index (Phi) is 3.14. The molecular formula is C13H12N2O3. The molecule has 2 aromatic carbocycles. The summed E-state index contributed by atoms with van der Waals surface area (Å²) in [6.07, 6.45) is 0. The summed E-state index contributed by atoms with van der Waals surface area (Å²) in [7, 11) is 1.55. The van der Waals surface area contributed by atoms with Crippen LogP contribution >= 0.6 is 0 Å². The van der Waals surface area contributed by atoms with Gasteiger partial charge in [-0.1, -0.05) is 18.2 Å². The van der Waals surface area contributed by atoms with Crippen molar-refractivity contribution in [2.24, 2.45) is 0 Å². The molecule has 2 N–H and O–H groups in total. The minimum atomic E-state index is -0.468. The SMILES string of the molecule is COc1cccc(-c2cccc(N)c2[N+](=O)[O-])c1. The van der Waals surface area contributed by atoms with Crippen LogP contribution in [0.2, 0.25) is 0 Å². The molecule has 0 aliphatic heterocycles. The van der Waals surface area contributed by atoms with Crippen LogP contribution in [0.1, 0.15) is 0 Å². The summed E-state index contributed by atoms with van der Waals surface area (Å²) in [6.45, 7) is 0. The van der Waals surface area contributed by atoms with E-state index in [2.05, 4.69) is 0 Å². The number of benzene rings is 2. The van der Waals surface area contributed by atoms with Crippen molar-refractivity contribution in [3.05, 3.63) is 52.6 Å². The van der Waals surface area contributed by atoms with Gasteiger partial charge in [0.1, 0.15) is 11.4 Å². The third kappa shape index (κ3) is 2.10. The predicted molar refractivity (Wildman–Crippen MR) is 69.5 cm³/mol. The zero-order chi connectivity index (χ0) is 13.1. The van der Waals surface area contributed by atoms with E-state index >= 15 is 0 Å². The lowest BCUT2D eigenvalue weighted by molar-refractivity contribution is -0.383. The number of rotatable bonds is 3.